The molecule has 3 aromatic rings. The molecule has 0 aliphatic carbocycles. The number of nitrogens with one attached hydrogen (secondary N) is 1. The molecule has 1 N–H and O–H groups in total. The van der Waals surface area contributed by atoms with E-state index in [2.05, 4.69) is 23.6 Å². The van der Waals surface area contributed by atoms with E-state index in [0.717, 1.165) is 5.56 Å². The fourth-order valence-corrected chi connectivity index (χ4v) is 4.83. The lowest BCUT2D eigenvalue weighted by molar-refractivity contribution is 0.598. The highest BCUT2D eigenvalue weighted by molar-refractivity contribution is 7.92. The van der Waals surface area contributed by atoms with E-state index in [-0.39, 0.29) is 10.6 Å². The van der Waals surface area contributed by atoms with Crippen molar-refractivity contribution in [1.82, 2.24) is 9.38 Å². The van der Waals surface area contributed by atoms with Crippen molar-refractivity contribution in [2.24, 2.45) is 0 Å². The smallest absolute Gasteiger partial charge is 0.279 e. The number of aryl methyl sites for hydroxylation is 2. The summed E-state index contributed by atoms with van der Waals surface area (Å²) in [4.78, 5) is 17.2. The van der Waals surface area contributed by atoms with Gasteiger partial charge in [0, 0.05) is 16.8 Å². The number of rotatable bonds is 4. The van der Waals surface area contributed by atoms with Gasteiger partial charge in [-0.05, 0) is 37.5 Å². The van der Waals surface area contributed by atoms with Crippen molar-refractivity contribution in [3.63, 3.8) is 0 Å². The molecule has 0 amide bonds. The van der Waals surface area contributed by atoms with Crippen LogP contribution in [0.3, 0.4) is 0 Å². The summed E-state index contributed by atoms with van der Waals surface area (Å²) < 4.78 is 29.4. The minimum absolute atomic E-state index is 0.193. The van der Waals surface area contributed by atoms with Crippen LogP contribution in [-0.4, -0.2) is 17.8 Å². The summed E-state index contributed by atoms with van der Waals surface area (Å²) in [6.07, 6.45) is 0. The van der Waals surface area contributed by atoms with Crippen molar-refractivity contribution in [2.75, 3.05) is 4.72 Å². The highest BCUT2D eigenvalue weighted by Gasteiger charge is 2.25. The molecule has 8 heteroatoms. The zero-order chi connectivity index (χ0) is 18.4. The maximum Gasteiger partial charge on any atom is 0.279 e. The van der Waals surface area contributed by atoms with Crippen molar-refractivity contribution < 1.29 is 8.42 Å². The van der Waals surface area contributed by atoms with Gasteiger partial charge in [0.25, 0.3) is 15.6 Å². The van der Waals surface area contributed by atoms with Crippen LogP contribution in [0.2, 0.25) is 0 Å². The molecule has 132 valence electrons. The molecule has 3 rings (SSSR count). The Morgan fingerprint density at radius 2 is 1.80 bits per heavy atom. The molecule has 0 bridgehead atoms. The molecule has 0 spiro atoms. The molecule has 0 aliphatic heterocycles. The van der Waals surface area contributed by atoms with Crippen molar-refractivity contribution in [3.05, 3.63) is 57.0 Å². The summed E-state index contributed by atoms with van der Waals surface area (Å²) in [5.41, 5.74) is 1.80. The third kappa shape index (κ3) is 3.19. The van der Waals surface area contributed by atoms with Gasteiger partial charge < -0.3 is 0 Å². The lowest BCUT2D eigenvalue weighted by Gasteiger charge is -2.11. The lowest BCUT2D eigenvalue weighted by atomic mass is 10.0. The monoisotopic (exact) mass is 377 g/mol. The Hall–Kier alpha value is -2.19. The Balaban J connectivity index is 2.07. The van der Waals surface area contributed by atoms with Gasteiger partial charge in [0.1, 0.15) is 0 Å². The maximum absolute atomic E-state index is 12.8. The van der Waals surface area contributed by atoms with E-state index in [1.807, 2.05) is 12.1 Å². The summed E-state index contributed by atoms with van der Waals surface area (Å²) in [7, 11) is -4.04. The number of anilines is 1. The highest BCUT2D eigenvalue weighted by Crippen LogP contribution is 2.21. The zero-order valence-electron chi connectivity index (χ0n) is 14.4. The molecule has 2 aromatic heterocycles. The maximum atomic E-state index is 12.8. The number of hydrogen-bond donors (Lipinski definition) is 1. The molecular formula is C17H19N3O3S2. The molecule has 0 fully saturated rings. The number of fused-ring (bicyclic) bond motifs is 1. The van der Waals surface area contributed by atoms with Gasteiger partial charge in [-0.1, -0.05) is 26.0 Å². The summed E-state index contributed by atoms with van der Waals surface area (Å²) in [5, 5.41) is 1.78. The van der Waals surface area contributed by atoms with E-state index in [1.165, 1.54) is 22.7 Å². The topological polar surface area (TPSA) is 80.5 Å². The van der Waals surface area contributed by atoms with Crippen molar-refractivity contribution >= 4 is 32.0 Å². The molecule has 0 saturated carbocycles. The first-order chi connectivity index (χ1) is 11.7. The van der Waals surface area contributed by atoms with Gasteiger partial charge in [-0.25, -0.2) is 13.4 Å². The van der Waals surface area contributed by atoms with E-state index >= 15 is 0 Å². The van der Waals surface area contributed by atoms with Crippen LogP contribution in [0.15, 0.2) is 39.3 Å². The van der Waals surface area contributed by atoms with Crippen LogP contribution in [0.1, 0.15) is 36.7 Å². The first kappa shape index (κ1) is 17.6. The van der Waals surface area contributed by atoms with Crippen LogP contribution in [0.4, 0.5) is 5.69 Å². The third-order valence-corrected chi connectivity index (χ3v) is 6.42. The van der Waals surface area contributed by atoms with Crippen LogP contribution in [0.25, 0.3) is 4.96 Å². The third-order valence-electron chi connectivity index (χ3n) is 3.97. The fourth-order valence-electron chi connectivity index (χ4n) is 2.62. The average molecular weight is 377 g/mol. The summed E-state index contributed by atoms with van der Waals surface area (Å²) >= 11 is 1.31. The minimum atomic E-state index is -4.04. The molecule has 0 atom stereocenters. The van der Waals surface area contributed by atoms with Gasteiger partial charge in [-0.3, -0.25) is 13.9 Å². The van der Waals surface area contributed by atoms with Gasteiger partial charge in [0.2, 0.25) is 0 Å². The highest BCUT2D eigenvalue weighted by atomic mass is 32.2. The van der Waals surface area contributed by atoms with Crippen LogP contribution in [0, 0.1) is 13.8 Å². The lowest BCUT2D eigenvalue weighted by Crippen LogP contribution is -2.28. The molecular weight excluding hydrogens is 358 g/mol. The predicted octanol–water partition coefficient (Wildman–Crippen LogP) is 3.30. The Bertz CT molecular complexity index is 1090. The molecule has 0 unspecified atom stereocenters. The van der Waals surface area contributed by atoms with E-state index in [1.54, 1.807) is 24.4 Å². The molecule has 2 heterocycles. The zero-order valence-corrected chi connectivity index (χ0v) is 16.0. The van der Waals surface area contributed by atoms with Crippen LogP contribution < -0.4 is 10.3 Å². The molecule has 1 aromatic carbocycles. The second-order valence-electron chi connectivity index (χ2n) is 6.21. The number of aromatic nitrogens is 2. The summed E-state index contributed by atoms with van der Waals surface area (Å²) in [6.45, 7) is 7.41. The average Bonchev–Trinajstić information content (AvgIpc) is 2.88. The SMILES string of the molecule is Cc1nc2scc(C)n2c(=O)c1S(=O)(=O)Nc1ccc(C(C)C)cc1. The molecule has 0 saturated heterocycles. The van der Waals surface area contributed by atoms with E-state index in [4.69, 9.17) is 0 Å². The Morgan fingerprint density at radius 1 is 1.16 bits per heavy atom. The minimum Gasteiger partial charge on any atom is -0.279 e. The van der Waals surface area contributed by atoms with Crippen molar-refractivity contribution in [3.8, 4) is 0 Å². The quantitative estimate of drug-likeness (QED) is 0.756. The number of sulfonamides is 1. The van der Waals surface area contributed by atoms with Gasteiger partial charge in [0.05, 0.1) is 5.69 Å². The molecule has 6 nitrogen and oxygen atoms in total. The Kier molecular flexibility index (Phi) is 4.42. The summed E-state index contributed by atoms with van der Waals surface area (Å²) in [6, 6.07) is 7.13. The normalized spacial score (nSPS) is 12.0. The largest absolute Gasteiger partial charge is 0.279 e. The number of benzene rings is 1. The predicted molar refractivity (Wildman–Crippen MR) is 100 cm³/mol. The van der Waals surface area contributed by atoms with E-state index in [0.29, 0.717) is 22.3 Å². The van der Waals surface area contributed by atoms with Crippen molar-refractivity contribution in [1.29, 1.82) is 0 Å². The van der Waals surface area contributed by atoms with Gasteiger partial charge in [-0.15, -0.1) is 11.3 Å². The van der Waals surface area contributed by atoms with Crippen LogP contribution in [-0.2, 0) is 10.0 Å². The Labute approximate surface area is 150 Å². The second kappa shape index (κ2) is 6.27. The van der Waals surface area contributed by atoms with Crippen LogP contribution >= 0.6 is 11.3 Å². The number of nitrogens with zero attached hydrogens (tertiary/aromatic N) is 2. The summed E-state index contributed by atoms with van der Waals surface area (Å²) in [5.74, 6) is 0.353. The van der Waals surface area contributed by atoms with Gasteiger partial charge in [0.15, 0.2) is 9.86 Å². The number of hydrogen-bond acceptors (Lipinski definition) is 5. The van der Waals surface area contributed by atoms with Crippen LogP contribution in [0.5, 0.6) is 0 Å². The van der Waals surface area contributed by atoms with E-state index < -0.39 is 15.6 Å². The Morgan fingerprint density at radius 3 is 2.40 bits per heavy atom. The molecule has 25 heavy (non-hydrogen) atoms. The fraction of sp³-hybridized carbons (Fsp3) is 0.294. The first-order valence-corrected chi connectivity index (χ1v) is 10.2. The standard InChI is InChI=1S/C17H19N3O3S2/c1-10(2)13-5-7-14(8-6-13)19-25(22,23)15-12(4)18-17-20(16(15)21)11(3)9-24-17/h5-10,19H,1-4H3. The molecule has 0 aliphatic rings. The second-order valence-corrected chi connectivity index (χ2v) is 8.66. The van der Waals surface area contributed by atoms with Gasteiger partial charge in [-0.2, -0.15) is 0 Å². The first-order valence-electron chi connectivity index (χ1n) is 7.81. The van der Waals surface area contributed by atoms with Gasteiger partial charge >= 0.3 is 0 Å². The van der Waals surface area contributed by atoms with Crippen molar-refractivity contribution in [2.45, 2.75) is 38.5 Å². The number of thiazole rings is 1. The van der Waals surface area contributed by atoms with E-state index in [9.17, 15) is 13.2 Å². The molecule has 0 radical (unpaired) electrons.